The Morgan fingerprint density at radius 1 is 0.387 bits per heavy atom. The molecular weight excluding hydrogens is 1100 g/mol. The molecule has 0 N–H and O–H groups in total. The molecule has 0 bridgehead atoms. The maximum Gasteiger partial charge on any atom is 3.00 e. The van der Waals surface area contributed by atoms with Gasteiger partial charge in [-0.1, -0.05) is 46.3 Å². The molecule has 21 heteroatoms. The maximum absolute atomic E-state index is 12.4. The van der Waals surface area contributed by atoms with Crippen LogP contribution in [0, 0.1) is 18.2 Å². The summed E-state index contributed by atoms with van der Waals surface area (Å²) >= 11 is 5.30. The number of rotatable bonds is 4. The monoisotopic (exact) mass is 1120 g/mol. The summed E-state index contributed by atoms with van der Waals surface area (Å²) in [6.07, 6.45) is -12.6. The summed E-state index contributed by atoms with van der Waals surface area (Å²) in [5.41, 5.74) is -1.45. The van der Waals surface area contributed by atoms with Crippen molar-refractivity contribution in [1.82, 2.24) is 19.9 Å². The van der Waals surface area contributed by atoms with E-state index < -0.39 is 47.0 Å². The Balaban J connectivity index is 0.000000218. The van der Waals surface area contributed by atoms with Crippen LogP contribution in [-0.2, 0) is 44.8 Å². The van der Waals surface area contributed by atoms with E-state index in [4.69, 9.17) is 0 Å². The Kier molecular flexibility index (Phi) is 18.7. The van der Waals surface area contributed by atoms with E-state index in [1.54, 1.807) is 51.9 Å². The molecule has 8 aromatic rings. The minimum atomic E-state index is -4.32. The van der Waals surface area contributed by atoms with Gasteiger partial charge >= 0.3 is 44.8 Å². The number of nitrogens with zero attached hydrogens (tertiary/aromatic N) is 4. The van der Waals surface area contributed by atoms with Gasteiger partial charge in [0.25, 0.3) is 0 Å². The summed E-state index contributed by atoms with van der Waals surface area (Å²) in [6, 6.07) is 24.9. The molecule has 0 aromatic carbocycles. The van der Waals surface area contributed by atoms with Crippen molar-refractivity contribution in [2.45, 2.75) is 32.1 Å². The zero-order valence-electron chi connectivity index (χ0n) is 29.9. The smallest absolute Gasteiger partial charge is 0.319 e. The standard InChI is InChI=1S/C10H6F3NS.3C10H5F3NS.CH4.Ir/c4*11-10(12,13)7-3-4-14-8(6-7)9-2-1-5-15-9;;/h1-6H;3*1,3-6H;1H4;/q;3*-1;;+3. The molecule has 0 saturated heterocycles. The van der Waals surface area contributed by atoms with Gasteiger partial charge in [0.15, 0.2) is 0 Å². The molecule has 8 rings (SSSR count). The number of thiophene rings is 4. The summed E-state index contributed by atoms with van der Waals surface area (Å²) in [6.45, 7) is 0. The first-order valence-corrected chi connectivity index (χ1v) is 19.8. The molecule has 326 valence electrons. The van der Waals surface area contributed by atoms with Crippen LogP contribution in [0.25, 0.3) is 42.3 Å². The van der Waals surface area contributed by atoms with Crippen molar-refractivity contribution in [3.8, 4) is 42.3 Å². The van der Waals surface area contributed by atoms with Crippen LogP contribution < -0.4 is 0 Å². The molecule has 4 nitrogen and oxygen atoms in total. The van der Waals surface area contributed by atoms with E-state index in [9.17, 15) is 52.7 Å². The van der Waals surface area contributed by atoms with Gasteiger partial charge in [-0.3, -0.25) is 4.98 Å². The van der Waals surface area contributed by atoms with Gasteiger partial charge in [0.2, 0.25) is 0 Å². The second-order valence-electron chi connectivity index (χ2n) is 11.4. The number of alkyl halides is 12. The second kappa shape index (κ2) is 22.5. The van der Waals surface area contributed by atoms with Crippen molar-refractivity contribution < 1.29 is 72.8 Å². The largest absolute Gasteiger partial charge is 3.00 e. The van der Waals surface area contributed by atoms with E-state index in [-0.39, 0.29) is 27.5 Å². The Bertz CT molecular complexity index is 2150. The molecule has 62 heavy (non-hydrogen) atoms. The van der Waals surface area contributed by atoms with Crippen molar-refractivity contribution in [3.63, 3.8) is 0 Å². The molecule has 0 spiro atoms. The van der Waals surface area contributed by atoms with E-state index in [1.165, 1.54) is 51.5 Å². The van der Waals surface area contributed by atoms with E-state index >= 15 is 0 Å². The molecule has 0 radical (unpaired) electrons. The number of pyridine rings is 4. The first-order chi connectivity index (χ1) is 28.3. The number of halogens is 12. The van der Waals surface area contributed by atoms with Crippen LogP contribution in [0.2, 0.25) is 0 Å². The summed E-state index contributed by atoms with van der Waals surface area (Å²) < 4.78 is 149. The van der Waals surface area contributed by atoms with Gasteiger partial charge < -0.3 is 15.0 Å². The third kappa shape index (κ3) is 15.2. The first kappa shape index (κ1) is 51.6. The van der Waals surface area contributed by atoms with Gasteiger partial charge in [-0.05, 0) is 58.9 Å². The molecule has 0 unspecified atom stereocenters. The molecule has 8 heterocycles. The second-order valence-corrected chi connectivity index (χ2v) is 15.1. The van der Waals surface area contributed by atoms with Crippen LogP contribution in [0.3, 0.4) is 0 Å². The number of hydrogen-bond acceptors (Lipinski definition) is 8. The minimum absolute atomic E-state index is 0. The predicted molar refractivity (Wildman–Crippen MR) is 213 cm³/mol. The van der Waals surface area contributed by atoms with Crippen LogP contribution in [0.5, 0.6) is 0 Å². The maximum atomic E-state index is 12.4. The Morgan fingerprint density at radius 3 is 0.919 bits per heavy atom. The summed E-state index contributed by atoms with van der Waals surface area (Å²) in [4.78, 5) is 18.1. The molecule has 0 fully saturated rings. The number of aromatic nitrogens is 4. The fourth-order valence-electron chi connectivity index (χ4n) is 4.50. The predicted octanol–water partition coefficient (Wildman–Crippen LogP) is 15.3. The van der Waals surface area contributed by atoms with E-state index in [2.05, 4.69) is 38.1 Å². The first-order valence-electron chi connectivity index (χ1n) is 16.3. The van der Waals surface area contributed by atoms with Gasteiger partial charge in [-0.25, -0.2) is 34.0 Å². The average molecular weight is 1120 g/mol. The zero-order chi connectivity index (χ0) is 43.6. The third-order valence-electron chi connectivity index (χ3n) is 7.23. The number of hydrogen-bond donors (Lipinski definition) is 0. The Morgan fingerprint density at radius 2 is 0.677 bits per heavy atom. The Hall–Kier alpha value is -4.79. The fourth-order valence-corrected chi connectivity index (χ4v) is 7.11. The summed E-state index contributed by atoms with van der Waals surface area (Å²) in [5.74, 6) is 0. The van der Waals surface area contributed by atoms with Crippen LogP contribution in [0.4, 0.5) is 52.7 Å². The molecule has 0 atom stereocenters. The van der Waals surface area contributed by atoms with Crippen LogP contribution >= 0.6 is 45.3 Å². The molecule has 0 amide bonds. The van der Waals surface area contributed by atoms with Gasteiger partial charge in [-0.2, -0.15) is 89.1 Å². The van der Waals surface area contributed by atoms with E-state index in [0.717, 1.165) is 72.0 Å². The average Bonchev–Trinajstić information content (AvgIpc) is 4.07. The van der Waals surface area contributed by atoms with Crippen molar-refractivity contribution >= 4 is 45.3 Å². The van der Waals surface area contributed by atoms with Gasteiger partial charge in [0, 0.05) is 41.5 Å². The van der Waals surface area contributed by atoms with Gasteiger partial charge in [0.1, 0.15) is 0 Å². The van der Waals surface area contributed by atoms with E-state index in [0.29, 0.717) is 37.4 Å². The van der Waals surface area contributed by atoms with Crippen molar-refractivity contribution in [3.05, 3.63) is 166 Å². The SMILES string of the molecule is C.FC(F)(F)c1ccnc(-c2[c-]ccs2)c1.FC(F)(F)c1ccnc(-c2[c-]ccs2)c1.FC(F)(F)c1ccnc(-c2[c-]ccs2)c1.FC(F)(F)c1ccnc(-c2cccs2)c1.[Ir+3]. The van der Waals surface area contributed by atoms with Gasteiger partial charge in [-0.15, -0.1) is 27.5 Å². The molecule has 8 aromatic heterocycles. The van der Waals surface area contributed by atoms with Gasteiger partial charge in [0.05, 0.1) is 16.1 Å². The quantitative estimate of drug-likeness (QED) is 0.130. The molecule has 0 aliphatic carbocycles. The summed E-state index contributed by atoms with van der Waals surface area (Å²) in [7, 11) is 0. The van der Waals surface area contributed by atoms with Crippen molar-refractivity contribution in [1.29, 1.82) is 0 Å². The molecular formula is C41H25F12IrN4S4. The Labute approximate surface area is 376 Å². The van der Waals surface area contributed by atoms with E-state index in [1.807, 2.05) is 0 Å². The molecule has 0 aliphatic heterocycles. The topological polar surface area (TPSA) is 51.6 Å². The molecule has 0 aliphatic rings. The van der Waals surface area contributed by atoms with Crippen LogP contribution in [0.15, 0.2) is 125 Å². The van der Waals surface area contributed by atoms with Crippen molar-refractivity contribution in [2.75, 3.05) is 0 Å². The minimum Gasteiger partial charge on any atom is -0.319 e. The summed E-state index contributed by atoms with van der Waals surface area (Å²) in [5, 5.41) is 7.04. The van der Waals surface area contributed by atoms with Crippen LogP contribution in [0.1, 0.15) is 29.7 Å². The van der Waals surface area contributed by atoms with Crippen molar-refractivity contribution in [2.24, 2.45) is 0 Å². The zero-order valence-corrected chi connectivity index (χ0v) is 35.6. The normalized spacial score (nSPS) is 11.3. The van der Waals surface area contributed by atoms with Crippen LogP contribution in [-0.4, -0.2) is 19.9 Å². The fraction of sp³-hybridized carbons (Fsp3) is 0.122. The third-order valence-corrected chi connectivity index (χ3v) is 10.6. The molecule has 0 saturated carbocycles.